The third-order valence-electron chi connectivity index (χ3n) is 5.07. The fraction of sp³-hybridized carbons (Fsp3) is 0.0455. The molecule has 0 saturated heterocycles. The average Bonchev–Trinajstić information content (AvgIpc) is 2.75. The number of aromatic nitrogens is 2. The van der Waals surface area contributed by atoms with Crippen LogP contribution >= 0.6 is 0 Å². The zero-order valence-corrected chi connectivity index (χ0v) is 15.4. The van der Waals surface area contributed by atoms with E-state index in [0.29, 0.717) is 11.1 Å². The molecule has 0 N–H and O–H groups in total. The van der Waals surface area contributed by atoms with Crippen molar-refractivity contribution in [3.05, 3.63) is 103 Å². The second kappa shape index (κ2) is 6.63. The molecule has 8 nitrogen and oxygen atoms in total. The third kappa shape index (κ3) is 2.82. The van der Waals surface area contributed by atoms with Crippen molar-refractivity contribution in [3.63, 3.8) is 0 Å². The van der Waals surface area contributed by atoms with Crippen LogP contribution in [0, 0.1) is 10.1 Å². The fourth-order valence-corrected chi connectivity index (χ4v) is 3.70. The van der Waals surface area contributed by atoms with Crippen LogP contribution in [0.2, 0.25) is 0 Å². The Bertz CT molecular complexity index is 1600. The molecule has 0 fully saturated rings. The van der Waals surface area contributed by atoms with Crippen LogP contribution in [0.1, 0.15) is 5.56 Å². The first-order valence-corrected chi connectivity index (χ1v) is 9.09. The molecule has 0 spiro atoms. The number of nitro groups is 1. The molecule has 0 amide bonds. The number of rotatable bonds is 3. The summed E-state index contributed by atoms with van der Waals surface area (Å²) in [5.41, 5.74) is 0.317. The van der Waals surface area contributed by atoms with Gasteiger partial charge in [-0.15, -0.1) is 0 Å². The van der Waals surface area contributed by atoms with Gasteiger partial charge in [-0.25, -0.2) is 9.78 Å². The minimum atomic E-state index is -0.535. The summed E-state index contributed by atoms with van der Waals surface area (Å²) >= 11 is 0. The Morgan fingerprint density at radius 3 is 2.67 bits per heavy atom. The molecule has 0 aliphatic rings. The third-order valence-corrected chi connectivity index (χ3v) is 5.07. The number of nitro benzene ring substituents is 1. The van der Waals surface area contributed by atoms with E-state index in [0.717, 1.165) is 16.2 Å². The maximum absolute atomic E-state index is 13.0. The quantitative estimate of drug-likeness (QED) is 0.198. The van der Waals surface area contributed by atoms with E-state index in [1.807, 2.05) is 30.3 Å². The lowest BCUT2D eigenvalue weighted by Gasteiger charge is -2.11. The van der Waals surface area contributed by atoms with E-state index in [4.69, 9.17) is 4.42 Å². The summed E-state index contributed by atoms with van der Waals surface area (Å²) in [7, 11) is 0. The van der Waals surface area contributed by atoms with Gasteiger partial charge in [0.1, 0.15) is 5.58 Å². The molecule has 0 unspecified atom stereocenters. The van der Waals surface area contributed by atoms with Gasteiger partial charge in [-0.3, -0.25) is 19.5 Å². The van der Waals surface area contributed by atoms with Crippen molar-refractivity contribution >= 4 is 38.3 Å². The van der Waals surface area contributed by atoms with Gasteiger partial charge in [0.25, 0.3) is 11.2 Å². The fourth-order valence-electron chi connectivity index (χ4n) is 3.70. The number of benzene rings is 3. The highest BCUT2D eigenvalue weighted by Gasteiger charge is 2.14. The zero-order chi connectivity index (χ0) is 20.8. The summed E-state index contributed by atoms with van der Waals surface area (Å²) in [6.45, 7) is 0.106. The van der Waals surface area contributed by atoms with Gasteiger partial charge in [-0.05, 0) is 28.5 Å². The standard InChI is InChI=1S/C22H13N3O5/c26-20-9-14(21-16-4-2-1-3-13(16)5-8-19(21)30-20)11-24-12-23-18-10-15(25(28)29)6-7-17(18)22(24)27/h1-10,12H,11H2. The van der Waals surface area contributed by atoms with Crippen LogP contribution < -0.4 is 11.2 Å². The van der Waals surface area contributed by atoms with Crippen molar-refractivity contribution < 1.29 is 9.34 Å². The molecule has 8 heteroatoms. The Balaban J connectivity index is 1.71. The molecule has 2 aromatic heterocycles. The summed E-state index contributed by atoms with van der Waals surface area (Å²) in [5.74, 6) is 0. The van der Waals surface area contributed by atoms with Gasteiger partial charge in [0.2, 0.25) is 0 Å². The maximum atomic E-state index is 13.0. The van der Waals surface area contributed by atoms with Crippen molar-refractivity contribution in [1.82, 2.24) is 9.55 Å². The van der Waals surface area contributed by atoms with Crippen LogP contribution in [0.15, 0.2) is 81.0 Å². The first kappa shape index (κ1) is 17.7. The minimum Gasteiger partial charge on any atom is -0.423 e. The van der Waals surface area contributed by atoms with Crippen LogP contribution in [0.3, 0.4) is 0 Å². The van der Waals surface area contributed by atoms with Crippen LogP contribution in [0.5, 0.6) is 0 Å². The number of hydrogen-bond acceptors (Lipinski definition) is 6. The van der Waals surface area contributed by atoms with Crippen molar-refractivity contribution in [1.29, 1.82) is 0 Å². The lowest BCUT2D eigenvalue weighted by molar-refractivity contribution is -0.384. The number of nitrogens with zero attached hydrogens (tertiary/aromatic N) is 3. The summed E-state index contributed by atoms with van der Waals surface area (Å²) < 4.78 is 6.74. The van der Waals surface area contributed by atoms with Crippen molar-refractivity contribution in [2.24, 2.45) is 0 Å². The molecule has 0 aliphatic heterocycles. The maximum Gasteiger partial charge on any atom is 0.336 e. The average molecular weight is 399 g/mol. The van der Waals surface area contributed by atoms with Gasteiger partial charge in [0, 0.05) is 23.6 Å². The van der Waals surface area contributed by atoms with Crippen LogP contribution in [0.25, 0.3) is 32.6 Å². The van der Waals surface area contributed by atoms with E-state index in [1.54, 1.807) is 6.07 Å². The van der Waals surface area contributed by atoms with Crippen LogP contribution in [-0.2, 0) is 6.54 Å². The largest absolute Gasteiger partial charge is 0.423 e. The normalized spacial score (nSPS) is 11.3. The molecule has 30 heavy (non-hydrogen) atoms. The summed E-state index contributed by atoms with van der Waals surface area (Å²) in [4.78, 5) is 39.7. The van der Waals surface area contributed by atoms with E-state index < -0.39 is 10.5 Å². The highest BCUT2D eigenvalue weighted by atomic mass is 16.6. The Hall–Kier alpha value is -4.33. The molecule has 5 rings (SSSR count). The predicted molar refractivity (Wildman–Crippen MR) is 112 cm³/mol. The molecule has 146 valence electrons. The van der Waals surface area contributed by atoms with Gasteiger partial charge in [0.15, 0.2) is 0 Å². The molecule has 0 atom stereocenters. The highest BCUT2D eigenvalue weighted by molar-refractivity contribution is 6.07. The first-order valence-electron chi connectivity index (χ1n) is 9.09. The van der Waals surface area contributed by atoms with E-state index in [2.05, 4.69) is 4.98 Å². The molecule has 2 heterocycles. The van der Waals surface area contributed by atoms with E-state index >= 15 is 0 Å². The predicted octanol–water partition coefficient (Wildman–Crippen LogP) is 3.61. The van der Waals surface area contributed by atoms with Gasteiger partial charge in [-0.1, -0.05) is 30.3 Å². The number of fused-ring (bicyclic) bond motifs is 4. The summed E-state index contributed by atoms with van der Waals surface area (Å²) in [6, 6.07) is 16.6. The smallest absolute Gasteiger partial charge is 0.336 e. The lowest BCUT2D eigenvalue weighted by Crippen LogP contribution is -2.22. The van der Waals surface area contributed by atoms with Gasteiger partial charge in [-0.2, -0.15) is 0 Å². The van der Waals surface area contributed by atoms with E-state index in [1.165, 1.54) is 35.2 Å². The summed E-state index contributed by atoms with van der Waals surface area (Å²) in [5, 5.41) is 13.9. The van der Waals surface area contributed by atoms with E-state index in [-0.39, 0.29) is 28.7 Å². The van der Waals surface area contributed by atoms with Gasteiger partial charge in [0.05, 0.1) is 28.7 Å². The van der Waals surface area contributed by atoms with Gasteiger partial charge < -0.3 is 4.42 Å². The van der Waals surface area contributed by atoms with Crippen molar-refractivity contribution in [2.75, 3.05) is 0 Å². The Kier molecular flexibility index (Phi) is 3.92. The monoisotopic (exact) mass is 399 g/mol. The molecule has 0 radical (unpaired) electrons. The zero-order valence-electron chi connectivity index (χ0n) is 15.4. The molecule has 5 aromatic rings. The SMILES string of the molecule is O=c1cc(Cn2cnc3cc([N+](=O)[O-])ccc3c2=O)c2c(ccc3ccccc32)o1. The second-order valence-electron chi connectivity index (χ2n) is 6.89. The number of hydrogen-bond donors (Lipinski definition) is 0. The molecular weight excluding hydrogens is 386 g/mol. The summed E-state index contributed by atoms with van der Waals surface area (Å²) in [6.07, 6.45) is 1.33. The molecule has 0 aliphatic carbocycles. The van der Waals surface area contributed by atoms with Crippen molar-refractivity contribution in [2.45, 2.75) is 6.54 Å². The highest BCUT2D eigenvalue weighted by Crippen LogP contribution is 2.27. The Morgan fingerprint density at radius 2 is 1.83 bits per heavy atom. The topological polar surface area (TPSA) is 108 Å². The molecule has 0 bridgehead atoms. The molecule has 0 saturated carbocycles. The van der Waals surface area contributed by atoms with Crippen LogP contribution in [-0.4, -0.2) is 14.5 Å². The first-order chi connectivity index (χ1) is 14.5. The van der Waals surface area contributed by atoms with E-state index in [9.17, 15) is 19.7 Å². The van der Waals surface area contributed by atoms with Crippen molar-refractivity contribution in [3.8, 4) is 0 Å². The lowest BCUT2D eigenvalue weighted by atomic mass is 10.0. The minimum absolute atomic E-state index is 0.106. The van der Waals surface area contributed by atoms with Crippen LogP contribution in [0.4, 0.5) is 5.69 Å². The Morgan fingerprint density at radius 1 is 1.00 bits per heavy atom. The Labute approximate surface area is 167 Å². The number of non-ortho nitro benzene ring substituents is 1. The molecular formula is C22H13N3O5. The van der Waals surface area contributed by atoms with Gasteiger partial charge >= 0.3 is 5.63 Å². The second-order valence-corrected chi connectivity index (χ2v) is 6.89. The molecule has 3 aromatic carbocycles.